The minimum absolute atomic E-state index is 0.00850. The lowest BCUT2D eigenvalue weighted by molar-refractivity contribution is -0.274. The van der Waals surface area contributed by atoms with Crippen LogP contribution >= 0.6 is 27.3 Å². The Morgan fingerprint density at radius 1 is 1.03 bits per heavy atom. The van der Waals surface area contributed by atoms with Crippen molar-refractivity contribution in [2.24, 2.45) is 0 Å². The van der Waals surface area contributed by atoms with Crippen molar-refractivity contribution in [3.8, 4) is 27.7 Å². The summed E-state index contributed by atoms with van der Waals surface area (Å²) in [6.45, 7) is 1.45. The zero-order valence-corrected chi connectivity index (χ0v) is 21.4. The molecule has 3 aromatic rings. The molecule has 0 unspecified atom stereocenters. The SMILES string of the molecule is CCOC(=O)COc1c(C(=O)OC)sc(-c2cccc(OCc3cccc(OC(F)(F)F)c3)c2)c1Br. The predicted molar refractivity (Wildman–Crippen MR) is 128 cm³/mol. The summed E-state index contributed by atoms with van der Waals surface area (Å²) in [6.07, 6.45) is -4.79. The third-order valence-electron chi connectivity index (χ3n) is 4.45. The summed E-state index contributed by atoms with van der Waals surface area (Å²) in [6, 6.07) is 12.4. The van der Waals surface area contributed by atoms with Gasteiger partial charge in [0.05, 0.1) is 23.1 Å². The Morgan fingerprint density at radius 2 is 1.75 bits per heavy atom. The minimum Gasteiger partial charge on any atom is -0.489 e. The molecule has 0 bridgehead atoms. The van der Waals surface area contributed by atoms with Crippen molar-refractivity contribution in [1.29, 1.82) is 0 Å². The van der Waals surface area contributed by atoms with Crippen LogP contribution in [0.1, 0.15) is 22.2 Å². The third kappa shape index (κ3) is 7.37. The number of esters is 2. The molecular weight excluding hydrogens is 569 g/mol. The number of rotatable bonds is 10. The molecule has 12 heteroatoms. The highest BCUT2D eigenvalue weighted by atomic mass is 79.9. The maximum atomic E-state index is 12.5. The molecule has 0 N–H and O–H groups in total. The monoisotopic (exact) mass is 588 g/mol. The van der Waals surface area contributed by atoms with E-state index in [9.17, 15) is 22.8 Å². The van der Waals surface area contributed by atoms with Crippen LogP contribution in [0.15, 0.2) is 53.0 Å². The number of thiophene rings is 1. The standard InChI is InChI=1S/C24H20BrF3O7S/c1-3-32-18(29)13-34-20-19(25)21(36-22(20)23(30)31-2)15-7-5-8-16(11-15)33-12-14-6-4-9-17(10-14)35-24(26,27)28/h4-11H,3,12-13H2,1-2H3. The minimum atomic E-state index is -4.79. The summed E-state index contributed by atoms with van der Waals surface area (Å²) in [5.74, 6) is -0.996. The fourth-order valence-corrected chi connectivity index (χ4v) is 4.96. The second kappa shape index (κ2) is 12.1. The van der Waals surface area contributed by atoms with Crippen molar-refractivity contribution in [3.63, 3.8) is 0 Å². The van der Waals surface area contributed by atoms with Crippen molar-refractivity contribution in [2.45, 2.75) is 19.9 Å². The van der Waals surface area contributed by atoms with Crippen LogP contribution in [-0.2, 0) is 20.9 Å². The Morgan fingerprint density at radius 3 is 2.44 bits per heavy atom. The maximum Gasteiger partial charge on any atom is 0.573 e. The second-order valence-electron chi connectivity index (χ2n) is 7.00. The lowest BCUT2D eigenvalue weighted by atomic mass is 10.1. The highest BCUT2D eigenvalue weighted by molar-refractivity contribution is 9.10. The molecule has 0 radical (unpaired) electrons. The topological polar surface area (TPSA) is 80.3 Å². The van der Waals surface area contributed by atoms with E-state index in [1.807, 2.05) is 0 Å². The predicted octanol–water partition coefficient (Wildman–Crippen LogP) is 6.38. The molecule has 192 valence electrons. The van der Waals surface area contributed by atoms with E-state index in [1.54, 1.807) is 37.3 Å². The molecule has 0 saturated heterocycles. The van der Waals surface area contributed by atoms with Crippen LogP contribution in [0.5, 0.6) is 17.2 Å². The number of alkyl halides is 3. The summed E-state index contributed by atoms with van der Waals surface area (Å²) >= 11 is 4.53. The molecule has 7 nitrogen and oxygen atoms in total. The molecule has 1 aromatic heterocycles. The molecule has 36 heavy (non-hydrogen) atoms. The lowest BCUT2D eigenvalue weighted by Crippen LogP contribution is -2.17. The quantitative estimate of drug-likeness (QED) is 0.254. The first-order valence-corrected chi connectivity index (χ1v) is 12.0. The molecule has 0 spiro atoms. The number of ether oxygens (including phenoxy) is 5. The summed E-state index contributed by atoms with van der Waals surface area (Å²) < 4.78 is 62.8. The average molecular weight is 589 g/mol. The van der Waals surface area contributed by atoms with Crippen molar-refractivity contribution in [2.75, 3.05) is 20.3 Å². The van der Waals surface area contributed by atoms with Gasteiger partial charge in [-0.3, -0.25) is 0 Å². The number of hydrogen-bond acceptors (Lipinski definition) is 8. The van der Waals surface area contributed by atoms with Crippen LogP contribution in [0.3, 0.4) is 0 Å². The zero-order chi connectivity index (χ0) is 26.3. The summed E-state index contributed by atoms with van der Waals surface area (Å²) in [5.41, 5.74) is 1.14. The Labute approximate surface area is 216 Å². The van der Waals surface area contributed by atoms with E-state index < -0.39 is 24.9 Å². The molecule has 0 aliphatic heterocycles. The van der Waals surface area contributed by atoms with E-state index >= 15 is 0 Å². The van der Waals surface area contributed by atoms with Gasteiger partial charge in [0.25, 0.3) is 0 Å². The smallest absolute Gasteiger partial charge is 0.489 e. The molecule has 0 amide bonds. The van der Waals surface area contributed by atoms with Crippen LogP contribution in [0, 0.1) is 0 Å². The summed E-state index contributed by atoms with van der Waals surface area (Å²) in [4.78, 5) is 24.8. The molecule has 0 aliphatic carbocycles. The molecule has 3 rings (SSSR count). The van der Waals surface area contributed by atoms with Gasteiger partial charge in [-0.15, -0.1) is 24.5 Å². The summed E-state index contributed by atoms with van der Waals surface area (Å²) in [5, 5.41) is 0. The number of carbonyl (C=O) groups is 2. The number of methoxy groups -OCH3 is 1. The maximum absolute atomic E-state index is 12.5. The molecule has 2 aromatic carbocycles. The van der Waals surface area contributed by atoms with E-state index in [1.165, 1.54) is 25.3 Å². The first kappa shape index (κ1) is 27.3. The van der Waals surface area contributed by atoms with Crippen LogP contribution in [0.4, 0.5) is 13.2 Å². The largest absolute Gasteiger partial charge is 0.573 e. The van der Waals surface area contributed by atoms with Crippen molar-refractivity contribution in [1.82, 2.24) is 0 Å². The number of benzene rings is 2. The first-order chi connectivity index (χ1) is 17.1. The average Bonchev–Trinajstić information content (AvgIpc) is 3.16. The van der Waals surface area contributed by atoms with E-state index in [0.717, 1.165) is 11.3 Å². The van der Waals surface area contributed by atoms with Crippen LogP contribution in [0.2, 0.25) is 0 Å². The number of carbonyl (C=O) groups excluding carboxylic acids is 2. The lowest BCUT2D eigenvalue weighted by Gasteiger charge is -2.11. The van der Waals surface area contributed by atoms with E-state index in [2.05, 4.69) is 20.7 Å². The van der Waals surface area contributed by atoms with E-state index in [4.69, 9.17) is 18.9 Å². The van der Waals surface area contributed by atoms with Crippen molar-refractivity contribution < 1.29 is 46.4 Å². The van der Waals surface area contributed by atoms with Crippen molar-refractivity contribution in [3.05, 3.63) is 63.4 Å². The normalized spacial score (nSPS) is 11.1. The third-order valence-corrected chi connectivity index (χ3v) is 6.67. The van der Waals surface area contributed by atoms with Gasteiger partial charge in [-0.1, -0.05) is 24.3 Å². The summed E-state index contributed by atoms with van der Waals surface area (Å²) in [7, 11) is 1.23. The van der Waals surface area contributed by atoms with Gasteiger partial charge in [-0.2, -0.15) is 0 Å². The number of halogens is 4. The van der Waals surface area contributed by atoms with Crippen LogP contribution in [-0.4, -0.2) is 38.6 Å². The van der Waals surface area contributed by atoms with Gasteiger partial charge in [0.2, 0.25) is 0 Å². The van der Waals surface area contributed by atoms with Gasteiger partial charge < -0.3 is 23.7 Å². The fraction of sp³-hybridized carbons (Fsp3) is 0.250. The molecule has 0 saturated carbocycles. The number of hydrogen-bond donors (Lipinski definition) is 0. The second-order valence-corrected chi connectivity index (χ2v) is 8.81. The molecule has 0 atom stereocenters. The van der Waals surface area contributed by atoms with Gasteiger partial charge in [0.1, 0.15) is 18.1 Å². The van der Waals surface area contributed by atoms with Gasteiger partial charge in [-0.05, 0) is 58.2 Å². The Hall–Kier alpha value is -3.25. The van der Waals surface area contributed by atoms with E-state index in [0.29, 0.717) is 26.2 Å². The van der Waals surface area contributed by atoms with Crippen LogP contribution < -0.4 is 14.2 Å². The zero-order valence-electron chi connectivity index (χ0n) is 19.0. The van der Waals surface area contributed by atoms with Crippen molar-refractivity contribution >= 4 is 39.2 Å². The van der Waals surface area contributed by atoms with Gasteiger partial charge in [-0.25, -0.2) is 9.59 Å². The fourth-order valence-electron chi connectivity index (χ4n) is 3.00. The Bertz CT molecular complexity index is 1230. The van der Waals surface area contributed by atoms with Gasteiger partial charge in [0.15, 0.2) is 17.2 Å². The Balaban J connectivity index is 1.81. The molecule has 0 aliphatic rings. The van der Waals surface area contributed by atoms with Gasteiger partial charge in [0, 0.05) is 0 Å². The molecule has 0 fully saturated rings. The highest BCUT2D eigenvalue weighted by Gasteiger charge is 2.31. The molecule has 1 heterocycles. The first-order valence-electron chi connectivity index (χ1n) is 10.4. The Kier molecular flexibility index (Phi) is 9.21. The van der Waals surface area contributed by atoms with Gasteiger partial charge >= 0.3 is 18.3 Å². The highest BCUT2D eigenvalue weighted by Crippen LogP contribution is 2.46. The van der Waals surface area contributed by atoms with E-state index in [-0.39, 0.29) is 29.6 Å². The van der Waals surface area contributed by atoms with Crippen LogP contribution in [0.25, 0.3) is 10.4 Å². The molecular formula is C24H20BrF3O7S.